The van der Waals surface area contributed by atoms with E-state index in [9.17, 15) is 0 Å². The average molecular weight is 273 g/mol. The quantitative estimate of drug-likeness (QED) is 0.454. The summed E-state index contributed by atoms with van der Waals surface area (Å²) in [7, 11) is 0. The molecule has 2 rings (SSSR count). The van der Waals surface area contributed by atoms with Gasteiger partial charge >= 0.3 is 0 Å². The van der Waals surface area contributed by atoms with Gasteiger partial charge in [-0.1, -0.05) is 31.4 Å². The van der Waals surface area contributed by atoms with Crippen molar-refractivity contribution in [2.75, 3.05) is 0 Å². The number of allylic oxidation sites excluding steroid dienone is 2. The van der Waals surface area contributed by atoms with Gasteiger partial charge < -0.3 is 0 Å². The molecule has 2 aliphatic rings. The Hall–Kier alpha value is -0.770. The molecule has 0 bridgehead atoms. The summed E-state index contributed by atoms with van der Waals surface area (Å²) in [5.41, 5.74) is 0. The Morgan fingerprint density at radius 2 is 1.55 bits per heavy atom. The molecule has 0 N–H and O–H groups in total. The van der Waals surface area contributed by atoms with Crippen molar-refractivity contribution in [1.29, 1.82) is 5.26 Å². The van der Waals surface area contributed by atoms with Gasteiger partial charge in [-0.15, -0.1) is 0 Å². The van der Waals surface area contributed by atoms with Crippen LogP contribution in [0.25, 0.3) is 0 Å². The first-order chi connectivity index (χ1) is 9.83. The fraction of sp³-hybridized carbons (Fsp3) is 0.842. The molecule has 2 fully saturated rings. The smallest absolute Gasteiger partial charge is 0.0655 e. The monoisotopic (exact) mass is 273 g/mol. The lowest BCUT2D eigenvalue weighted by atomic mass is 9.69. The van der Waals surface area contributed by atoms with Crippen molar-refractivity contribution < 1.29 is 0 Å². The van der Waals surface area contributed by atoms with Gasteiger partial charge in [-0.25, -0.2) is 0 Å². The lowest BCUT2D eigenvalue weighted by Gasteiger charge is -2.36. The van der Waals surface area contributed by atoms with E-state index in [2.05, 4.69) is 25.1 Å². The molecule has 0 aromatic heterocycles. The van der Waals surface area contributed by atoms with E-state index in [1.807, 2.05) is 0 Å². The van der Waals surface area contributed by atoms with Crippen molar-refractivity contribution in [2.45, 2.75) is 77.6 Å². The van der Waals surface area contributed by atoms with Crippen LogP contribution in [0.4, 0.5) is 0 Å². The highest BCUT2D eigenvalue weighted by Crippen LogP contribution is 2.42. The van der Waals surface area contributed by atoms with Crippen LogP contribution >= 0.6 is 0 Å². The fourth-order valence-electron chi connectivity index (χ4n) is 4.36. The van der Waals surface area contributed by atoms with Crippen molar-refractivity contribution in [1.82, 2.24) is 0 Å². The molecule has 0 heterocycles. The van der Waals surface area contributed by atoms with E-state index in [1.54, 1.807) is 0 Å². The summed E-state index contributed by atoms with van der Waals surface area (Å²) >= 11 is 0. The van der Waals surface area contributed by atoms with E-state index in [0.717, 1.165) is 17.8 Å². The molecule has 0 spiro atoms. The van der Waals surface area contributed by atoms with E-state index >= 15 is 0 Å². The molecule has 0 radical (unpaired) electrons. The zero-order chi connectivity index (χ0) is 14.2. The van der Waals surface area contributed by atoms with Crippen LogP contribution in [0.5, 0.6) is 0 Å². The van der Waals surface area contributed by atoms with Gasteiger partial charge in [0.05, 0.1) is 6.07 Å². The molecule has 112 valence electrons. The molecule has 0 amide bonds. The second-order valence-corrected chi connectivity index (χ2v) is 7.02. The zero-order valence-corrected chi connectivity index (χ0v) is 13.2. The maximum Gasteiger partial charge on any atom is 0.0655 e. The summed E-state index contributed by atoms with van der Waals surface area (Å²) in [4.78, 5) is 0. The van der Waals surface area contributed by atoms with Crippen molar-refractivity contribution in [3.8, 4) is 6.07 Å². The first kappa shape index (κ1) is 15.6. The standard InChI is InChI=1S/C19H31N/c1-2-3-4-5-6-16-7-11-18(12-8-16)19-13-9-17(15-20)10-14-19/h2-3,16-19H,4-14H2,1H3/b3-2-. The molecular formula is C19H31N. The fourth-order valence-corrected chi connectivity index (χ4v) is 4.36. The van der Waals surface area contributed by atoms with E-state index in [1.165, 1.54) is 70.6 Å². The van der Waals surface area contributed by atoms with Gasteiger partial charge in [0.15, 0.2) is 0 Å². The maximum atomic E-state index is 8.99. The maximum absolute atomic E-state index is 8.99. The molecule has 1 nitrogen and oxygen atoms in total. The SMILES string of the molecule is C/C=C\CCCC1CCC(C2CCC(C#N)CC2)CC1. The van der Waals surface area contributed by atoms with Gasteiger partial charge in [-0.3, -0.25) is 0 Å². The minimum atomic E-state index is 0.370. The van der Waals surface area contributed by atoms with E-state index in [4.69, 9.17) is 5.26 Å². The van der Waals surface area contributed by atoms with Crippen LogP contribution in [0.3, 0.4) is 0 Å². The van der Waals surface area contributed by atoms with Crippen LogP contribution in [0, 0.1) is 35.0 Å². The number of unbranched alkanes of at least 4 members (excludes halogenated alkanes) is 1. The minimum absolute atomic E-state index is 0.370. The van der Waals surface area contributed by atoms with Crippen molar-refractivity contribution >= 4 is 0 Å². The second-order valence-electron chi connectivity index (χ2n) is 7.02. The predicted octanol–water partition coefficient (Wildman–Crippen LogP) is 5.87. The minimum Gasteiger partial charge on any atom is -0.198 e. The van der Waals surface area contributed by atoms with Gasteiger partial charge in [0, 0.05) is 5.92 Å². The van der Waals surface area contributed by atoms with Crippen LogP contribution in [0.2, 0.25) is 0 Å². The Labute approximate surface area is 125 Å². The normalized spacial score (nSPS) is 35.0. The van der Waals surface area contributed by atoms with E-state index in [-0.39, 0.29) is 0 Å². The lowest BCUT2D eigenvalue weighted by Crippen LogP contribution is -2.25. The van der Waals surface area contributed by atoms with Gasteiger partial charge in [-0.05, 0) is 76.0 Å². The molecular weight excluding hydrogens is 242 g/mol. The number of hydrogen-bond donors (Lipinski definition) is 0. The molecule has 0 unspecified atom stereocenters. The third-order valence-electron chi connectivity index (χ3n) is 5.73. The summed E-state index contributed by atoms with van der Waals surface area (Å²) in [5.74, 6) is 3.31. The van der Waals surface area contributed by atoms with Crippen LogP contribution in [-0.4, -0.2) is 0 Å². The lowest BCUT2D eigenvalue weighted by molar-refractivity contribution is 0.153. The summed E-state index contributed by atoms with van der Waals surface area (Å²) in [6, 6.07) is 2.46. The summed E-state index contributed by atoms with van der Waals surface area (Å²) in [5, 5.41) is 8.99. The van der Waals surface area contributed by atoms with Gasteiger partial charge in [0.25, 0.3) is 0 Å². The molecule has 2 aliphatic carbocycles. The highest BCUT2D eigenvalue weighted by atomic mass is 14.4. The van der Waals surface area contributed by atoms with Crippen LogP contribution in [0.1, 0.15) is 77.6 Å². The summed E-state index contributed by atoms with van der Waals surface area (Å²) < 4.78 is 0. The Morgan fingerprint density at radius 3 is 2.10 bits per heavy atom. The van der Waals surface area contributed by atoms with Crippen LogP contribution < -0.4 is 0 Å². The molecule has 0 saturated heterocycles. The highest BCUT2D eigenvalue weighted by molar-refractivity contribution is 4.89. The topological polar surface area (TPSA) is 23.8 Å². The second kappa shape index (κ2) is 8.50. The Kier molecular flexibility index (Phi) is 6.64. The largest absolute Gasteiger partial charge is 0.198 e. The predicted molar refractivity (Wildman–Crippen MR) is 85.2 cm³/mol. The molecule has 0 aromatic carbocycles. The van der Waals surface area contributed by atoms with Crippen molar-refractivity contribution in [3.05, 3.63) is 12.2 Å². The highest BCUT2D eigenvalue weighted by Gasteiger charge is 2.30. The van der Waals surface area contributed by atoms with E-state index in [0.29, 0.717) is 5.92 Å². The van der Waals surface area contributed by atoms with Crippen molar-refractivity contribution in [3.63, 3.8) is 0 Å². The van der Waals surface area contributed by atoms with Crippen molar-refractivity contribution in [2.24, 2.45) is 23.7 Å². The molecule has 1 heteroatoms. The van der Waals surface area contributed by atoms with Gasteiger partial charge in [-0.2, -0.15) is 5.26 Å². The zero-order valence-electron chi connectivity index (χ0n) is 13.2. The number of nitrogens with zero attached hydrogens (tertiary/aromatic N) is 1. The summed E-state index contributed by atoms with van der Waals surface area (Å²) in [6.07, 6.45) is 19.5. The first-order valence-electron chi connectivity index (χ1n) is 8.84. The molecule has 20 heavy (non-hydrogen) atoms. The third kappa shape index (κ3) is 4.65. The molecule has 2 saturated carbocycles. The Bertz CT molecular complexity index is 322. The van der Waals surface area contributed by atoms with E-state index < -0.39 is 0 Å². The Balaban J connectivity index is 1.63. The number of hydrogen-bond acceptors (Lipinski definition) is 1. The molecule has 0 atom stereocenters. The van der Waals surface area contributed by atoms with Crippen LogP contribution in [0.15, 0.2) is 12.2 Å². The Morgan fingerprint density at radius 1 is 0.950 bits per heavy atom. The first-order valence-corrected chi connectivity index (χ1v) is 8.84. The molecule has 0 aliphatic heterocycles. The average Bonchev–Trinajstić information content (AvgIpc) is 2.52. The van der Waals surface area contributed by atoms with Crippen LogP contribution in [-0.2, 0) is 0 Å². The number of nitriles is 1. The third-order valence-corrected chi connectivity index (χ3v) is 5.73. The molecule has 0 aromatic rings. The van der Waals surface area contributed by atoms with Gasteiger partial charge in [0.1, 0.15) is 0 Å². The number of rotatable bonds is 5. The summed E-state index contributed by atoms with van der Waals surface area (Å²) in [6.45, 7) is 2.12. The van der Waals surface area contributed by atoms with Gasteiger partial charge in [0.2, 0.25) is 0 Å².